The number of methoxy groups -OCH3 is 1. The van der Waals surface area contributed by atoms with Crippen molar-refractivity contribution in [2.45, 2.75) is 39.0 Å². The van der Waals surface area contributed by atoms with Crippen LogP contribution in [0.4, 0.5) is 5.69 Å². The molecular weight excluding hydrogens is 751 g/mol. The summed E-state index contributed by atoms with van der Waals surface area (Å²) < 4.78 is 12.0. The first-order chi connectivity index (χ1) is 28.5. The Bertz CT molecular complexity index is 2400. The van der Waals surface area contributed by atoms with Crippen LogP contribution in [0.1, 0.15) is 78.5 Å². The summed E-state index contributed by atoms with van der Waals surface area (Å²) in [6.07, 6.45) is 3.14. The van der Waals surface area contributed by atoms with Gasteiger partial charge in [-0.1, -0.05) is 30.3 Å². The number of ether oxygens (including phenoxy) is 2. The number of fused-ring (bicyclic) bond motifs is 2. The minimum atomic E-state index is -0.845. The van der Waals surface area contributed by atoms with Gasteiger partial charge in [0.15, 0.2) is 0 Å². The molecular formula is C45H49N7O7. The molecule has 7 rings (SSSR count). The number of aromatic nitrogens is 2. The smallest absolute Gasteiger partial charge is 0.261 e. The van der Waals surface area contributed by atoms with E-state index >= 15 is 0 Å². The van der Waals surface area contributed by atoms with Gasteiger partial charge in [0.1, 0.15) is 17.3 Å². The maximum absolute atomic E-state index is 14.3. The Morgan fingerprint density at radius 1 is 0.864 bits per heavy atom. The van der Waals surface area contributed by atoms with Crippen LogP contribution in [0.3, 0.4) is 0 Å². The Morgan fingerprint density at radius 3 is 2.27 bits per heavy atom. The molecule has 59 heavy (non-hydrogen) atoms. The molecule has 3 N–H and O–H groups in total. The number of nitrogens with zero attached hydrogens (tertiary/aromatic N) is 5. The lowest BCUT2D eigenvalue weighted by molar-refractivity contribution is -0.132. The molecule has 0 atom stereocenters. The zero-order valence-corrected chi connectivity index (χ0v) is 33.9. The van der Waals surface area contributed by atoms with Gasteiger partial charge in [-0.25, -0.2) is 4.98 Å². The largest absolute Gasteiger partial charge is 0.495 e. The first kappa shape index (κ1) is 40.6. The number of rotatable bonds is 15. The molecule has 306 valence electrons. The SMILES string of the molecule is COc1c(-c2cccc3[nH]c(CCN4C(=O)c5ccccc5C4=O)nc23)ccc(C(=O)N(C)c2ccc(C)cc2OCCCCCC(=O)N2CCN(C)CC2)c1C(N)=O. The first-order valence-electron chi connectivity index (χ1n) is 19.9. The summed E-state index contributed by atoms with van der Waals surface area (Å²) in [5, 5.41) is 0. The Kier molecular flexibility index (Phi) is 12.1. The van der Waals surface area contributed by atoms with Crippen LogP contribution < -0.4 is 20.1 Å². The highest BCUT2D eigenvalue weighted by molar-refractivity contribution is 6.21. The number of hydrogen-bond donors (Lipinski definition) is 2. The zero-order valence-electron chi connectivity index (χ0n) is 33.9. The lowest BCUT2D eigenvalue weighted by Gasteiger charge is -2.32. The highest BCUT2D eigenvalue weighted by Crippen LogP contribution is 2.39. The number of imide groups is 1. The number of nitrogens with one attached hydrogen (secondary N) is 1. The van der Waals surface area contributed by atoms with Gasteiger partial charge < -0.3 is 34.9 Å². The van der Waals surface area contributed by atoms with Crippen LogP contribution in [0.25, 0.3) is 22.2 Å². The van der Waals surface area contributed by atoms with E-state index in [1.165, 1.54) is 16.9 Å². The van der Waals surface area contributed by atoms with E-state index in [2.05, 4.69) is 16.9 Å². The van der Waals surface area contributed by atoms with Crippen molar-refractivity contribution in [3.8, 4) is 22.6 Å². The molecule has 1 saturated heterocycles. The number of H-pyrrole nitrogens is 1. The summed E-state index contributed by atoms with van der Waals surface area (Å²) in [6.45, 7) is 5.82. The predicted octanol–water partition coefficient (Wildman–Crippen LogP) is 5.47. The fourth-order valence-corrected chi connectivity index (χ4v) is 7.76. The second-order valence-electron chi connectivity index (χ2n) is 15.1. The zero-order chi connectivity index (χ0) is 41.8. The summed E-state index contributed by atoms with van der Waals surface area (Å²) in [6, 6.07) is 21.1. The molecule has 1 fully saturated rings. The van der Waals surface area contributed by atoms with Crippen molar-refractivity contribution in [1.29, 1.82) is 0 Å². The van der Waals surface area contributed by atoms with E-state index in [1.807, 2.05) is 42.2 Å². The second-order valence-corrected chi connectivity index (χ2v) is 15.1. The van der Waals surface area contributed by atoms with E-state index < -0.39 is 11.8 Å². The molecule has 5 aromatic rings. The topological polar surface area (TPSA) is 171 Å². The number of aromatic amines is 1. The molecule has 0 unspecified atom stereocenters. The van der Waals surface area contributed by atoms with Gasteiger partial charge in [-0.3, -0.25) is 28.9 Å². The summed E-state index contributed by atoms with van der Waals surface area (Å²) in [7, 11) is 5.09. The molecule has 0 radical (unpaired) electrons. The summed E-state index contributed by atoms with van der Waals surface area (Å²) >= 11 is 0. The number of para-hydroxylation sites is 1. The van der Waals surface area contributed by atoms with Crippen molar-refractivity contribution in [3.05, 3.63) is 106 Å². The number of benzene rings is 4. The molecule has 2 aliphatic heterocycles. The molecule has 2 aliphatic rings. The Morgan fingerprint density at radius 2 is 1.58 bits per heavy atom. The predicted molar refractivity (Wildman–Crippen MR) is 224 cm³/mol. The number of imidazole rings is 1. The fraction of sp³-hybridized carbons (Fsp3) is 0.333. The van der Waals surface area contributed by atoms with E-state index in [0.29, 0.717) is 63.6 Å². The Labute approximate surface area is 342 Å². The number of piperazine rings is 1. The number of amides is 5. The molecule has 14 nitrogen and oxygen atoms in total. The monoisotopic (exact) mass is 799 g/mol. The van der Waals surface area contributed by atoms with Crippen molar-refractivity contribution in [2.75, 3.05) is 65.4 Å². The third kappa shape index (κ3) is 8.39. The average molecular weight is 800 g/mol. The van der Waals surface area contributed by atoms with Gasteiger partial charge in [-0.2, -0.15) is 0 Å². The van der Waals surface area contributed by atoms with Crippen molar-refractivity contribution >= 4 is 46.3 Å². The van der Waals surface area contributed by atoms with E-state index in [1.54, 1.807) is 49.5 Å². The minimum absolute atomic E-state index is 0.0491. The number of aryl methyl sites for hydroxylation is 1. The van der Waals surface area contributed by atoms with Gasteiger partial charge in [-0.15, -0.1) is 0 Å². The summed E-state index contributed by atoms with van der Waals surface area (Å²) in [4.78, 5) is 80.9. The number of unbranched alkanes of at least 4 members (excludes halogenated alkanes) is 2. The third-order valence-electron chi connectivity index (χ3n) is 11.1. The van der Waals surface area contributed by atoms with Crippen molar-refractivity contribution in [1.82, 2.24) is 24.7 Å². The number of carbonyl (C=O) groups excluding carboxylic acids is 5. The van der Waals surface area contributed by atoms with Crippen LogP contribution in [-0.4, -0.2) is 115 Å². The number of hydrogen-bond acceptors (Lipinski definition) is 9. The Balaban J connectivity index is 1.06. The molecule has 0 saturated carbocycles. The molecule has 1 aromatic heterocycles. The minimum Gasteiger partial charge on any atom is -0.495 e. The highest BCUT2D eigenvalue weighted by atomic mass is 16.5. The number of anilines is 1. The first-order valence-corrected chi connectivity index (χ1v) is 19.9. The van der Waals surface area contributed by atoms with Crippen LogP contribution in [0, 0.1) is 6.92 Å². The van der Waals surface area contributed by atoms with E-state index in [-0.39, 0.29) is 47.6 Å². The van der Waals surface area contributed by atoms with E-state index in [0.717, 1.165) is 51.0 Å². The summed E-state index contributed by atoms with van der Waals surface area (Å²) in [5.74, 6) is -0.628. The second kappa shape index (κ2) is 17.5. The fourth-order valence-electron chi connectivity index (χ4n) is 7.76. The summed E-state index contributed by atoms with van der Waals surface area (Å²) in [5.41, 5.74) is 10.6. The number of likely N-dealkylation sites (N-methyl/N-ethyl adjacent to an activating group) is 1. The van der Waals surface area contributed by atoms with E-state index in [9.17, 15) is 24.0 Å². The maximum atomic E-state index is 14.3. The third-order valence-corrected chi connectivity index (χ3v) is 11.1. The number of carbonyl (C=O) groups is 5. The van der Waals surface area contributed by atoms with Crippen molar-refractivity contribution < 1.29 is 33.4 Å². The molecule has 0 aliphatic carbocycles. The lowest BCUT2D eigenvalue weighted by Crippen LogP contribution is -2.47. The number of primary amides is 1. The van der Waals surface area contributed by atoms with Crippen LogP contribution >= 0.6 is 0 Å². The van der Waals surface area contributed by atoms with Gasteiger partial charge in [0.25, 0.3) is 23.6 Å². The molecule has 0 bridgehead atoms. The Hall–Kier alpha value is -6.54. The standard InChI is InChI=1S/C45H49N7O7/c1-28-16-19-35(36(27-28)59-26-9-5-6-15-38(53)51-24-22-49(2)23-25-51)50(3)43(55)33-18-17-30(41(58-4)39(33)42(46)54)29-13-10-14-34-40(29)48-37(47-34)20-21-52-44(56)31-11-7-8-12-32(31)45(52)57/h7-8,10-14,16-19,27H,5-6,9,15,20-26H2,1-4H3,(H2,46,54)(H,47,48). The van der Waals surface area contributed by atoms with Crippen LogP contribution in [0.5, 0.6) is 11.5 Å². The normalized spacial score (nSPS) is 14.2. The van der Waals surface area contributed by atoms with Crippen LogP contribution in [0.2, 0.25) is 0 Å². The van der Waals surface area contributed by atoms with Crippen LogP contribution in [-0.2, 0) is 11.2 Å². The molecule has 3 heterocycles. The molecule has 14 heteroatoms. The van der Waals surface area contributed by atoms with Crippen molar-refractivity contribution in [3.63, 3.8) is 0 Å². The van der Waals surface area contributed by atoms with Gasteiger partial charge in [0, 0.05) is 63.7 Å². The van der Waals surface area contributed by atoms with Gasteiger partial charge in [0.05, 0.1) is 52.7 Å². The highest BCUT2D eigenvalue weighted by Gasteiger charge is 2.35. The van der Waals surface area contributed by atoms with Crippen molar-refractivity contribution in [2.24, 2.45) is 5.73 Å². The van der Waals surface area contributed by atoms with Gasteiger partial charge in [0.2, 0.25) is 5.91 Å². The van der Waals surface area contributed by atoms with Gasteiger partial charge >= 0.3 is 0 Å². The van der Waals surface area contributed by atoms with Gasteiger partial charge in [-0.05, 0) is 81.3 Å². The average Bonchev–Trinajstić information content (AvgIpc) is 3.77. The number of nitrogens with two attached hydrogens (primary N) is 1. The van der Waals surface area contributed by atoms with Crippen LogP contribution in [0.15, 0.2) is 72.8 Å². The lowest BCUT2D eigenvalue weighted by atomic mass is 9.95. The van der Waals surface area contributed by atoms with E-state index in [4.69, 9.17) is 20.2 Å². The molecule has 0 spiro atoms. The quantitative estimate of drug-likeness (QED) is 0.103. The maximum Gasteiger partial charge on any atom is 0.261 e. The molecule has 5 amide bonds. The molecule has 4 aromatic carbocycles.